The van der Waals surface area contributed by atoms with E-state index in [1.54, 1.807) is 12.5 Å². The Morgan fingerprint density at radius 2 is 1.86 bits per heavy atom. The fourth-order valence-corrected chi connectivity index (χ4v) is 3.74. The SMILES string of the molecule is C=S(C)(=O)N(Cc1cnnn1[C@@H](C)C(C)(C)C)C(C)(C)C. The predicted octanol–water partition coefficient (Wildman–Crippen LogP) is 2.75. The van der Waals surface area contributed by atoms with Gasteiger partial charge in [-0.05, 0) is 39.0 Å². The smallest absolute Gasteiger partial charge is 0.0741 e. The first-order valence-electron chi connectivity index (χ1n) is 7.23. The summed E-state index contributed by atoms with van der Waals surface area (Å²) in [5.74, 6) is 3.84. The van der Waals surface area contributed by atoms with E-state index in [2.05, 4.69) is 43.9 Å². The zero-order valence-electron chi connectivity index (χ0n) is 14.7. The molecular formula is C15H30N4OS. The van der Waals surface area contributed by atoms with E-state index in [1.807, 2.05) is 29.8 Å². The molecule has 0 amide bonds. The fraction of sp³-hybridized carbons (Fsp3) is 0.800. The van der Waals surface area contributed by atoms with Crippen molar-refractivity contribution in [3.05, 3.63) is 11.9 Å². The number of hydrogen-bond acceptors (Lipinski definition) is 3. The van der Waals surface area contributed by atoms with E-state index in [0.717, 1.165) is 5.69 Å². The second-order valence-corrected chi connectivity index (χ2v) is 10.2. The standard InChI is InChI=1S/C15H30N4OS/c1-12(14(2,3)4)19-13(10-16-17-19)11-18(15(5,6)7)21(8,9)20/h10,12H,8,11H2,1-7,9H3/t12-,21?/m0/s1. The average Bonchev–Trinajstić information content (AvgIpc) is 2.67. The van der Waals surface area contributed by atoms with Gasteiger partial charge in [0.1, 0.15) is 0 Å². The van der Waals surface area contributed by atoms with Gasteiger partial charge in [-0.3, -0.25) is 4.21 Å². The molecule has 6 heteroatoms. The highest BCUT2D eigenvalue weighted by molar-refractivity contribution is 7.97. The molecular weight excluding hydrogens is 284 g/mol. The summed E-state index contributed by atoms with van der Waals surface area (Å²) in [4.78, 5) is 0. The third kappa shape index (κ3) is 4.54. The molecule has 0 aliphatic rings. The quantitative estimate of drug-likeness (QED) is 0.803. The molecule has 0 saturated carbocycles. The van der Waals surface area contributed by atoms with Crippen LogP contribution in [-0.2, 0) is 16.3 Å². The van der Waals surface area contributed by atoms with Crippen LogP contribution in [0.5, 0.6) is 0 Å². The normalized spacial score (nSPS) is 17.8. The van der Waals surface area contributed by atoms with E-state index in [9.17, 15) is 4.21 Å². The summed E-state index contributed by atoms with van der Waals surface area (Å²) < 4.78 is 16.4. The van der Waals surface area contributed by atoms with E-state index >= 15 is 0 Å². The Morgan fingerprint density at radius 1 is 1.33 bits per heavy atom. The van der Waals surface area contributed by atoms with Crippen LogP contribution in [-0.4, -0.2) is 41.2 Å². The monoisotopic (exact) mass is 314 g/mol. The topological polar surface area (TPSA) is 51.0 Å². The van der Waals surface area contributed by atoms with Crippen molar-refractivity contribution in [2.75, 3.05) is 6.26 Å². The summed E-state index contributed by atoms with van der Waals surface area (Å²) in [5.41, 5.74) is 0.798. The van der Waals surface area contributed by atoms with E-state index < -0.39 is 9.71 Å². The maximum atomic E-state index is 12.5. The van der Waals surface area contributed by atoms with Crippen LogP contribution in [0.15, 0.2) is 6.20 Å². The van der Waals surface area contributed by atoms with Gasteiger partial charge in [-0.2, -0.15) is 0 Å². The minimum Gasteiger partial charge on any atom is -0.253 e. The van der Waals surface area contributed by atoms with E-state index in [-0.39, 0.29) is 17.0 Å². The lowest BCUT2D eigenvalue weighted by molar-refractivity contribution is 0.215. The van der Waals surface area contributed by atoms with Crippen LogP contribution in [0.25, 0.3) is 0 Å². The molecule has 0 fully saturated rings. The number of nitrogens with zero attached hydrogens (tertiary/aromatic N) is 4. The summed E-state index contributed by atoms with van der Waals surface area (Å²) >= 11 is 0. The van der Waals surface area contributed by atoms with Crippen molar-refractivity contribution in [3.63, 3.8) is 0 Å². The Hall–Kier alpha value is -0.880. The van der Waals surface area contributed by atoms with Gasteiger partial charge in [0.05, 0.1) is 24.5 Å². The third-order valence-electron chi connectivity index (χ3n) is 3.79. The zero-order chi connectivity index (χ0) is 16.6. The largest absolute Gasteiger partial charge is 0.253 e. The molecule has 0 aliphatic heterocycles. The molecule has 2 atom stereocenters. The Bertz CT molecular complexity index is 576. The number of hydrogen-bond donors (Lipinski definition) is 0. The van der Waals surface area contributed by atoms with Crippen molar-refractivity contribution in [1.82, 2.24) is 19.3 Å². The van der Waals surface area contributed by atoms with Crippen molar-refractivity contribution >= 4 is 15.6 Å². The molecule has 1 unspecified atom stereocenters. The highest BCUT2D eigenvalue weighted by Gasteiger charge is 2.30. The van der Waals surface area contributed by atoms with Crippen molar-refractivity contribution < 1.29 is 4.21 Å². The van der Waals surface area contributed by atoms with Crippen molar-refractivity contribution in [2.45, 2.75) is 66.6 Å². The summed E-state index contributed by atoms with van der Waals surface area (Å²) in [6.07, 6.45) is 3.44. The lowest BCUT2D eigenvalue weighted by Crippen LogP contribution is -2.44. The van der Waals surface area contributed by atoms with E-state index in [0.29, 0.717) is 6.54 Å². The van der Waals surface area contributed by atoms with Gasteiger partial charge >= 0.3 is 0 Å². The number of rotatable bonds is 4. The fourth-order valence-electron chi connectivity index (χ4n) is 2.17. The van der Waals surface area contributed by atoms with Gasteiger partial charge in [0, 0.05) is 21.5 Å². The van der Waals surface area contributed by atoms with E-state index in [4.69, 9.17) is 0 Å². The molecule has 0 radical (unpaired) electrons. The Balaban J connectivity index is 3.17. The van der Waals surface area contributed by atoms with Crippen LogP contribution in [0.3, 0.4) is 0 Å². The molecule has 1 heterocycles. The summed E-state index contributed by atoms with van der Waals surface area (Å²) in [6.45, 7) is 15.3. The first kappa shape index (κ1) is 18.2. The second-order valence-electron chi connectivity index (χ2n) is 7.88. The van der Waals surface area contributed by atoms with E-state index in [1.165, 1.54) is 0 Å². The molecule has 21 heavy (non-hydrogen) atoms. The van der Waals surface area contributed by atoms with Gasteiger partial charge in [0.2, 0.25) is 0 Å². The Labute approximate surface area is 129 Å². The summed E-state index contributed by atoms with van der Waals surface area (Å²) in [5, 5.41) is 8.27. The summed E-state index contributed by atoms with van der Waals surface area (Å²) in [6, 6.07) is 0.203. The van der Waals surface area contributed by atoms with Crippen LogP contribution < -0.4 is 0 Å². The van der Waals surface area contributed by atoms with Gasteiger partial charge in [-0.15, -0.1) is 5.10 Å². The first-order chi connectivity index (χ1) is 9.24. The zero-order valence-corrected chi connectivity index (χ0v) is 15.5. The van der Waals surface area contributed by atoms with Gasteiger partial charge in [-0.25, -0.2) is 8.99 Å². The lowest BCUT2D eigenvalue weighted by atomic mass is 9.88. The highest BCUT2D eigenvalue weighted by Crippen LogP contribution is 2.31. The minimum absolute atomic E-state index is 0.0765. The minimum atomic E-state index is -2.31. The molecule has 0 N–H and O–H groups in total. The molecule has 0 saturated heterocycles. The van der Waals surface area contributed by atoms with Crippen LogP contribution in [0.2, 0.25) is 0 Å². The van der Waals surface area contributed by atoms with Crippen LogP contribution in [0, 0.1) is 5.41 Å². The molecule has 0 aromatic carbocycles. The molecule has 5 nitrogen and oxygen atoms in total. The second kappa shape index (κ2) is 5.72. The third-order valence-corrected chi connectivity index (χ3v) is 5.40. The maximum absolute atomic E-state index is 12.5. The van der Waals surface area contributed by atoms with Crippen LogP contribution >= 0.6 is 0 Å². The van der Waals surface area contributed by atoms with Crippen molar-refractivity contribution in [3.8, 4) is 0 Å². The van der Waals surface area contributed by atoms with Gasteiger partial charge in [0.25, 0.3) is 0 Å². The average molecular weight is 314 g/mol. The van der Waals surface area contributed by atoms with Crippen molar-refractivity contribution in [1.29, 1.82) is 0 Å². The van der Waals surface area contributed by atoms with Gasteiger partial charge in [0.15, 0.2) is 0 Å². The molecule has 122 valence electrons. The summed E-state index contributed by atoms with van der Waals surface area (Å²) in [7, 11) is -2.31. The van der Waals surface area contributed by atoms with Crippen molar-refractivity contribution in [2.24, 2.45) is 5.41 Å². The maximum Gasteiger partial charge on any atom is 0.0741 e. The molecule has 0 aliphatic carbocycles. The molecule has 1 rings (SSSR count). The lowest BCUT2D eigenvalue weighted by Gasteiger charge is -2.37. The van der Waals surface area contributed by atoms with Gasteiger partial charge < -0.3 is 0 Å². The Morgan fingerprint density at radius 3 is 2.24 bits per heavy atom. The highest BCUT2D eigenvalue weighted by atomic mass is 32.2. The predicted molar refractivity (Wildman–Crippen MR) is 90.7 cm³/mol. The van der Waals surface area contributed by atoms with Gasteiger partial charge in [-0.1, -0.05) is 26.0 Å². The first-order valence-corrected chi connectivity index (χ1v) is 9.33. The number of aromatic nitrogens is 3. The molecule has 1 aromatic heterocycles. The molecule has 0 spiro atoms. The Kier molecular flexibility index (Phi) is 4.95. The van der Waals surface area contributed by atoms with Crippen LogP contribution in [0.4, 0.5) is 0 Å². The molecule has 1 aromatic rings. The van der Waals surface area contributed by atoms with Crippen LogP contribution in [0.1, 0.15) is 60.2 Å². The molecule has 0 bridgehead atoms.